The molecule has 2 aromatic heterocycles. The Morgan fingerprint density at radius 3 is 3.24 bits per heavy atom. The molecule has 1 unspecified atom stereocenters. The third kappa shape index (κ3) is 3.33. The lowest BCUT2D eigenvalue weighted by Gasteiger charge is -2.34. The normalized spacial score (nSPS) is 19.4. The maximum absolute atomic E-state index is 12.1. The minimum absolute atomic E-state index is 0.0227. The van der Waals surface area contributed by atoms with E-state index < -0.39 is 0 Å². The highest BCUT2D eigenvalue weighted by Crippen LogP contribution is 2.15. The van der Waals surface area contributed by atoms with Crippen molar-refractivity contribution >= 4 is 16.3 Å². The lowest BCUT2D eigenvalue weighted by Crippen LogP contribution is -2.46. The molecular formula is C15H22N4OS. The third-order valence-corrected chi connectivity index (χ3v) is 4.78. The highest BCUT2D eigenvalue weighted by atomic mass is 32.1. The fourth-order valence-corrected chi connectivity index (χ4v) is 3.74. The van der Waals surface area contributed by atoms with E-state index in [0.29, 0.717) is 6.04 Å². The van der Waals surface area contributed by atoms with Gasteiger partial charge in [-0.2, -0.15) is 0 Å². The van der Waals surface area contributed by atoms with E-state index in [0.717, 1.165) is 43.3 Å². The Kier molecular flexibility index (Phi) is 4.67. The van der Waals surface area contributed by atoms with E-state index >= 15 is 0 Å². The molecule has 0 spiro atoms. The summed E-state index contributed by atoms with van der Waals surface area (Å²) in [5.41, 5.74) is 0.913. The molecular weight excluding hydrogens is 284 g/mol. The van der Waals surface area contributed by atoms with E-state index in [1.165, 1.54) is 24.2 Å². The Morgan fingerprint density at radius 1 is 1.57 bits per heavy atom. The highest BCUT2D eigenvalue weighted by molar-refractivity contribution is 7.15. The summed E-state index contributed by atoms with van der Waals surface area (Å²) in [5, 5.41) is 5.38. The lowest BCUT2D eigenvalue weighted by molar-refractivity contribution is 0.156. The second-order valence-electron chi connectivity index (χ2n) is 5.61. The van der Waals surface area contributed by atoms with Crippen LogP contribution in [-0.2, 0) is 6.54 Å². The SMILES string of the molecule is CCCN(Cc1cc(=O)n2ccsc2n1)C1CCCNC1. The molecule has 0 aliphatic carbocycles. The molecule has 1 saturated heterocycles. The first-order valence-corrected chi connectivity index (χ1v) is 8.56. The minimum Gasteiger partial charge on any atom is -0.315 e. The van der Waals surface area contributed by atoms with Gasteiger partial charge in [-0.15, -0.1) is 11.3 Å². The summed E-state index contributed by atoms with van der Waals surface area (Å²) in [5.74, 6) is 0. The van der Waals surface area contributed by atoms with Crippen LogP contribution < -0.4 is 10.9 Å². The average molecular weight is 306 g/mol. The number of nitrogens with one attached hydrogen (secondary N) is 1. The third-order valence-electron chi connectivity index (χ3n) is 4.02. The summed E-state index contributed by atoms with van der Waals surface area (Å²) in [6.45, 7) is 6.19. The minimum atomic E-state index is 0.0227. The van der Waals surface area contributed by atoms with Crippen LogP contribution in [0.3, 0.4) is 0 Å². The van der Waals surface area contributed by atoms with Crippen LogP contribution in [0.15, 0.2) is 22.4 Å². The zero-order valence-electron chi connectivity index (χ0n) is 12.4. The molecule has 5 nitrogen and oxygen atoms in total. The molecule has 1 N–H and O–H groups in total. The number of aromatic nitrogens is 2. The molecule has 1 fully saturated rings. The smallest absolute Gasteiger partial charge is 0.258 e. The Labute approximate surface area is 128 Å². The number of rotatable bonds is 5. The molecule has 0 aromatic carbocycles. The molecule has 2 aromatic rings. The number of fused-ring (bicyclic) bond motifs is 1. The molecule has 1 aliphatic heterocycles. The zero-order chi connectivity index (χ0) is 14.7. The van der Waals surface area contributed by atoms with Crippen LogP contribution in [0.4, 0.5) is 0 Å². The summed E-state index contributed by atoms with van der Waals surface area (Å²) in [7, 11) is 0. The molecule has 3 heterocycles. The van der Waals surface area contributed by atoms with Crippen molar-refractivity contribution in [1.82, 2.24) is 19.6 Å². The average Bonchev–Trinajstić information content (AvgIpc) is 2.97. The van der Waals surface area contributed by atoms with Gasteiger partial charge in [-0.25, -0.2) is 4.98 Å². The first-order valence-electron chi connectivity index (χ1n) is 7.68. The Balaban J connectivity index is 1.81. The van der Waals surface area contributed by atoms with Crippen LogP contribution in [0.5, 0.6) is 0 Å². The van der Waals surface area contributed by atoms with Crippen LogP contribution in [0.2, 0.25) is 0 Å². The van der Waals surface area contributed by atoms with Gasteiger partial charge in [0.25, 0.3) is 5.56 Å². The quantitative estimate of drug-likeness (QED) is 0.914. The van der Waals surface area contributed by atoms with Gasteiger partial charge in [0.1, 0.15) is 0 Å². The van der Waals surface area contributed by atoms with Crippen molar-refractivity contribution in [2.75, 3.05) is 19.6 Å². The summed E-state index contributed by atoms with van der Waals surface area (Å²) in [4.78, 5) is 20.0. The maximum Gasteiger partial charge on any atom is 0.258 e. The van der Waals surface area contributed by atoms with E-state index in [1.807, 2.05) is 5.38 Å². The van der Waals surface area contributed by atoms with E-state index in [2.05, 4.69) is 22.1 Å². The molecule has 6 heteroatoms. The van der Waals surface area contributed by atoms with Gasteiger partial charge in [0.15, 0.2) is 4.96 Å². The van der Waals surface area contributed by atoms with Crippen LogP contribution >= 0.6 is 11.3 Å². The van der Waals surface area contributed by atoms with Gasteiger partial charge in [0, 0.05) is 36.8 Å². The summed E-state index contributed by atoms with van der Waals surface area (Å²) >= 11 is 1.51. The molecule has 0 amide bonds. The second-order valence-corrected chi connectivity index (χ2v) is 6.48. The molecule has 1 atom stereocenters. The molecule has 21 heavy (non-hydrogen) atoms. The number of piperidine rings is 1. The standard InChI is InChI=1S/C15H22N4OS/c1-2-6-18(13-4-3-5-16-10-13)11-12-9-14(20)19-7-8-21-15(19)17-12/h7-9,13,16H,2-6,10-11H2,1H3. The molecule has 0 bridgehead atoms. The van der Waals surface area contributed by atoms with Gasteiger partial charge in [-0.3, -0.25) is 14.1 Å². The maximum atomic E-state index is 12.1. The Morgan fingerprint density at radius 2 is 2.48 bits per heavy atom. The zero-order valence-corrected chi connectivity index (χ0v) is 13.2. The predicted octanol–water partition coefficient (Wildman–Crippen LogP) is 1.72. The van der Waals surface area contributed by atoms with Crippen molar-refractivity contribution in [2.24, 2.45) is 0 Å². The van der Waals surface area contributed by atoms with Crippen LogP contribution in [0.25, 0.3) is 4.96 Å². The predicted molar refractivity (Wildman–Crippen MR) is 85.9 cm³/mol. The first kappa shape index (κ1) is 14.7. The molecule has 1 aliphatic rings. The second kappa shape index (κ2) is 6.68. The van der Waals surface area contributed by atoms with Crippen molar-refractivity contribution in [2.45, 2.75) is 38.8 Å². The van der Waals surface area contributed by atoms with Gasteiger partial charge in [0.2, 0.25) is 0 Å². The fourth-order valence-electron chi connectivity index (χ4n) is 3.00. The lowest BCUT2D eigenvalue weighted by atomic mass is 10.1. The van der Waals surface area contributed by atoms with Crippen molar-refractivity contribution in [1.29, 1.82) is 0 Å². The van der Waals surface area contributed by atoms with Gasteiger partial charge in [-0.1, -0.05) is 6.92 Å². The van der Waals surface area contributed by atoms with Crippen molar-refractivity contribution in [3.63, 3.8) is 0 Å². The van der Waals surface area contributed by atoms with Crippen molar-refractivity contribution in [3.05, 3.63) is 33.7 Å². The van der Waals surface area contributed by atoms with Gasteiger partial charge in [-0.05, 0) is 32.4 Å². The molecule has 114 valence electrons. The number of hydrogen-bond donors (Lipinski definition) is 1. The number of hydrogen-bond acceptors (Lipinski definition) is 5. The number of thiazole rings is 1. The Bertz CT molecular complexity index is 644. The Hall–Kier alpha value is -1.24. The van der Waals surface area contributed by atoms with E-state index in [-0.39, 0.29) is 5.56 Å². The molecule has 0 saturated carbocycles. The number of nitrogens with zero attached hydrogens (tertiary/aromatic N) is 3. The fraction of sp³-hybridized carbons (Fsp3) is 0.600. The summed E-state index contributed by atoms with van der Waals surface area (Å²) in [6, 6.07) is 2.24. The summed E-state index contributed by atoms with van der Waals surface area (Å²) in [6.07, 6.45) is 5.36. The van der Waals surface area contributed by atoms with E-state index in [1.54, 1.807) is 16.7 Å². The highest BCUT2D eigenvalue weighted by Gasteiger charge is 2.21. The largest absolute Gasteiger partial charge is 0.315 e. The first-order chi connectivity index (χ1) is 10.3. The van der Waals surface area contributed by atoms with Crippen LogP contribution in [0, 0.1) is 0 Å². The van der Waals surface area contributed by atoms with Gasteiger partial charge < -0.3 is 5.32 Å². The summed E-state index contributed by atoms with van der Waals surface area (Å²) < 4.78 is 1.61. The van der Waals surface area contributed by atoms with Crippen molar-refractivity contribution in [3.8, 4) is 0 Å². The van der Waals surface area contributed by atoms with E-state index in [4.69, 9.17) is 0 Å². The monoisotopic (exact) mass is 306 g/mol. The molecule has 3 rings (SSSR count). The van der Waals surface area contributed by atoms with Crippen LogP contribution in [0.1, 0.15) is 31.9 Å². The van der Waals surface area contributed by atoms with Gasteiger partial charge in [0.05, 0.1) is 5.69 Å². The van der Waals surface area contributed by atoms with Crippen LogP contribution in [-0.4, -0.2) is 40.0 Å². The van der Waals surface area contributed by atoms with Gasteiger partial charge >= 0.3 is 0 Å². The van der Waals surface area contributed by atoms with E-state index in [9.17, 15) is 4.79 Å². The topological polar surface area (TPSA) is 49.6 Å². The van der Waals surface area contributed by atoms with Crippen molar-refractivity contribution < 1.29 is 0 Å². The molecule has 0 radical (unpaired) electrons.